The zero-order valence-electron chi connectivity index (χ0n) is 9.33. The highest BCUT2D eigenvalue weighted by molar-refractivity contribution is 6.30. The quantitative estimate of drug-likeness (QED) is 0.663. The third-order valence-corrected chi connectivity index (χ3v) is 2.86. The molecule has 0 aliphatic heterocycles. The van der Waals surface area contributed by atoms with Crippen LogP contribution < -0.4 is 11.3 Å². The van der Waals surface area contributed by atoms with Gasteiger partial charge in [-0.25, -0.2) is 14.2 Å². The summed E-state index contributed by atoms with van der Waals surface area (Å²) in [5.41, 5.74) is 3.47. The molecule has 0 aromatic heterocycles. The number of halogens is 3. The fourth-order valence-corrected chi connectivity index (χ4v) is 1.99. The third kappa shape index (κ3) is 2.67. The molecule has 0 saturated carbocycles. The van der Waals surface area contributed by atoms with Crippen molar-refractivity contribution < 1.29 is 8.78 Å². The molecule has 2 aromatic rings. The number of hydrogen-bond donors (Lipinski definition) is 2. The van der Waals surface area contributed by atoms with Crippen LogP contribution in [0.25, 0.3) is 0 Å². The molecule has 5 heteroatoms. The molecule has 2 nitrogen and oxygen atoms in total. The van der Waals surface area contributed by atoms with Crippen LogP contribution in [0.15, 0.2) is 42.5 Å². The van der Waals surface area contributed by atoms with E-state index in [4.69, 9.17) is 17.4 Å². The van der Waals surface area contributed by atoms with Gasteiger partial charge in [0.1, 0.15) is 11.6 Å². The van der Waals surface area contributed by atoms with Crippen LogP contribution in [-0.2, 0) is 0 Å². The summed E-state index contributed by atoms with van der Waals surface area (Å²) in [6.07, 6.45) is 0. The number of benzene rings is 2. The second-order valence-electron chi connectivity index (χ2n) is 3.82. The second-order valence-corrected chi connectivity index (χ2v) is 4.26. The summed E-state index contributed by atoms with van der Waals surface area (Å²) < 4.78 is 26.6. The first-order valence-electron chi connectivity index (χ1n) is 5.28. The predicted molar refractivity (Wildman–Crippen MR) is 67.0 cm³/mol. The molecule has 0 saturated heterocycles. The average molecular weight is 269 g/mol. The number of hydrogen-bond acceptors (Lipinski definition) is 2. The lowest BCUT2D eigenvalue weighted by Crippen LogP contribution is -2.29. The van der Waals surface area contributed by atoms with E-state index in [0.29, 0.717) is 10.6 Å². The van der Waals surface area contributed by atoms with Crippen molar-refractivity contribution in [2.45, 2.75) is 6.04 Å². The summed E-state index contributed by atoms with van der Waals surface area (Å²) in [4.78, 5) is 0. The van der Waals surface area contributed by atoms with Crippen LogP contribution >= 0.6 is 11.6 Å². The molecule has 0 spiro atoms. The van der Waals surface area contributed by atoms with E-state index >= 15 is 0 Å². The van der Waals surface area contributed by atoms with Crippen LogP contribution in [0.5, 0.6) is 0 Å². The van der Waals surface area contributed by atoms with Crippen molar-refractivity contribution >= 4 is 11.6 Å². The summed E-state index contributed by atoms with van der Waals surface area (Å²) >= 11 is 5.88. The molecule has 0 aliphatic carbocycles. The minimum Gasteiger partial charge on any atom is -0.271 e. The Hall–Kier alpha value is -1.49. The Morgan fingerprint density at radius 3 is 2.50 bits per heavy atom. The standard InChI is InChI=1S/C13H11ClF2N2/c14-9-3-1-2-8(6-9)13(18-17)11-5-4-10(15)7-12(11)16/h1-7,13,18H,17H2. The zero-order valence-corrected chi connectivity index (χ0v) is 10.1. The monoisotopic (exact) mass is 268 g/mol. The summed E-state index contributed by atoms with van der Waals surface area (Å²) in [6, 6.07) is 9.68. The molecule has 94 valence electrons. The molecule has 2 aromatic carbocycles. The summed E-state index contributed by atoms with van der Waals surface area (Å²) in [6.45, 7) is 0. The summed E-state index contributed by atoms with van der Waals surface area (Å²) in [7, 11) is 0. The van der Waals surface area contributed by atoms with E-state index < -0.39 is 17.7 Å². The maximum atomic E-state index is 13.7. The molecule has 0 fully saturated rings. The Morgan fingerprint density at radius 1 is 1.11 bits per heavy atom. The van der Waals surface area contributed by atoms with Gasteiger partial charge < -0.3 is 0 Å². The predicted octanol–water partition coefficient (Wildman–Crippen LogP) is 3.17. The minimum absolute atomic E-state index is 0.265. The molecule has 18 heavy (non-hydrogen) atoms. The molecule has 3 N–H and O–H groups in total. The number of nitrogens with one attached hydrogen (secondary N) is 1. The minimum atomic E-state index is -0.655. The van der Waals surface area contributed by atoms with E-state index in [1.54, 1.807) is 24.3 Å². The lowest BCUT2D eigenvalue weighted by atomic mass is 9.99. The summed E-state index contributed by atoms with van der Waals surface area (Å²) in [5.74, 6) is 4.16. The Balaban J connectivity index is 2.45. The molecular formula is C13H11ClF2N2. The van der Waals surface area contributed by atoms with Crippen LogP contribution in [0.1, 0.15) is 17.2 Å². The fourth-order valence-electron chi connectivity index (χ4n) is 1.79. The van der Waals surface area contributed by atoms with Crippen molar-refractivity contribution in [3.8, 4) is 0 Å². The lowest BCUT2D eigenvalue weighted by molar-refractivity contribution is 0.541. The number of rotatable bonds is 3. The first kappa shape index (κ1) is 13.0. The maximum absolute atomic E-state index is 13.7. The molecule has 0 radical (unpaired) electrons. The van der Waals surface area contributed by atoms with Gasteiger partial charge in [0.25, 0.3) is 0 Å². The van der Waals surface area contributed by atoms with Crippen molar-refractivity contribution in [2.24, 2.45) is 5.84 Å². The van der Waals surface area contributed by atoms with E-state index in [1.165, 1.54) is 12.1 Å². The van der Waals surface area contributed by atoms with Gasteiger partial charge in [0.15, 0.2) is 0 Å². The van der Waals surface area contributed by atoms with Gasteiger partial charge in [0.2, 0.25) is 0 Å². The van der Waals surface area contributed by atoms with Crippen LogP contribution in [0, 0.1) is 11.6 Å². The molecule has 0 amide bonds. The molecule has 1 unspecified atom stereocenters. The Bertz CT molecular complexity index is 560. The van der Waals surface area contributed by atoms with E-state index in [0.717, 1.165) is 6.07 Å². The van der Waals surface area contributed by atoms with E-state index in [-0.39, 0.29) is 5.56 Å². The molecule has 2 rings (SSSR count). The van der Waals surface area contributed by atoms with Crippen molar-refractivity contribution in [3.05, 3.63) is 70.2 Å². The Morgan fingerprint density at radius 2 is 1.89 bits per heavy atom. The van der Waals surface area contributed by atoms with E-state index in [9.17, 15) is 8.78 Å². The first-order chi connectivity index (χ1) is 8.61. The fraction of sp³-hybridized carbons (Fsp3) is 0.0769. The number of hydrazine groups is 1. The smallest absolute Gasteiger partial charge is 0.131 e. The Labute approximate surface area is 108 Å². The van der Waals surface area contributed by atoms with Gasteiger partial charge in [-0.15, -0.1) is 0 Å². The lowest BCUT2D eigenvalue weighted by Gasteiger charge is -2.17. The van der Waals surface area contributed by atoms with Crippen LogP contribution in [0.2, 0.25) is 5.02 Å². The highest BCUT2D eigenvalue weighted by atomic mass is 35.5. The van der Waals surface area contributed by atoms with Gasteiger partial charge in [-0.05, 0) is 23.8 Å². The van der Waals surface area contributed by atoms with Crippen molar-refractivity contribution in [1.82, 2.24) is 5.43 Å². The number of nitrogens with two attached hydrogens (primary N) is 1. The molecule has 0 bridgehead atoms. The van der Waals surface area contributed by atoms with Crippen molar-refractivity contribution in [2.75, 3.05) is 0 Å². The van der Waals surface area contributed by atoms with Crippen LogP contribution in [0.4, 0.5) is 8.78 Å². The van der Waals surface area contributed by atoms with Gasteiger partial charge >= 0.3 is 0 Å². The first-order valence-corrected chi connectivity index (χ1v) is 5.66. The highest BCUT2D eigenvalue weighted by Crippen LogP contribution is 2.26. The zero-order chi connectivity index (χ0) is 13.1. The van der Waals surface area contributed by atoms with Gasteiger partial charge in [-0.3, -0.25) is 5.84 Å². The SMILES string of the molecule is NNC(c1cccc(Cl)c1)c1ccc(F)cc1F. The molecular weight excluding hydrogens is 258 g/mol. The normalized spacial score (nSPS) is 12.4. The van der Waals surface area contributed by atoms with Gasteiger partial charge in [-0.1, -0.05) is 29.8 Å². The maximum Gasteiger partial charge on any atom is 0.131 e. The summed E-state index contributed by atoms with van der Waals surface area (Å²) in [5, 5.41) is 0.523. The van der Waals surface area contributed by atoms with Crippen LogP contribution in [-0.4, -0.2) is 0 Å². The van der Waals surface area contributed by atoms with E-state index in [2.05, 4.69) is 5.43 Å². The van der Waals surface area contributed by atoms with E-state index in [1.807, 2.05) is 0 Å². The Kier molecular flexibility index (Phi) is 3.91. The topological polar surface area (TPSA) is 38.0 Å². The van der Waals surface area contributed by atoms with Gasteiger partial charge in [0, 0.05) is 16.7 Å². The molecule has 1 atom stereocenters. The van der Waals surface area contributed by atoms with Crippen LogP contribution in [0.3, 0.4) is 0 Å². The van der Waals surface area contributed by atoms with Gasteiger partial charge in [0.05, 0.1) is 6.04 Å². The average Bonchev–Trinajstić information content (AvgIpc) is 2.33. The molecule has 0 aliphatic rings. The third-order valence-electron chi connectivity index (χ3n) is 2.62. The van der Waals surface area contributed by atoms with Gasteiger partial charge in [-0.2, -0.15) is 0 Å². The molecule has 0 heterocycles. The second kappa shape index (κ2) is 5.44. The van der Waals surface area contributed by atoms with Crippen molar-refractivity contribution in [1.29, 1.82) is 0 Å². The highest BCUT2D eigenvalue weighted by Gasteiger charge is 2.17. The van der Waals surface area contributed by atoms with Crippen molar-refractivity contribution in [3.63, 3.8) is 0 Å². The largest absolute Gasteiger partial charge is 0.271 e.